The average Bonchev–Trinajstić information content (AvgIpc) is 3.04. The summed E-state index contributed by atoms with van der Waals surface area (Å²) in [5.41, 5.74) is 1.19. The topological polar surface area (TPSA) is 45.2 Å². The van der Waals surface area contributed by atoms with Crippen LogP contribution >= 0.6 is 11.3 Å². The van der Waals surface area contributed by atoms with Gasteiger partial charge in [-0.1, -0.05) is 13.3 Å². The maximum absolute atomic E-state index is 12.6. The molecule has 1 aromatic rings. The molecule has 2 atom stereocenters. The first-order valence-corrected chi connectivity index (χ1v) is 9.12. The Morgan fingerprint density at radius 3 is 3.05 bits per heavy atom. The highest BCUT2D eigenvalue weighted by Gasteiger charge is 2.31. The zero-order valence-electron chi connectivity index (χ0n) is 12.8. The molecule has 4 nitrogen and oxygen atoms in total. The van der Waals surface area contributed by atoms with Gasteiger partial charge in [-0.25, -0.2) is 4.98 Å². The summed E-state index contributed by atoms with van der Waals surface area (Å²) in [6.07, 6.45) is 6.64. The molecule has 3 heterocycles. The number of piperidine rings is 2. The Labute approximate surface area is 130 Å². The molecule has 0 spiro atoms. The maximum atomic E-state index is 12.6. The molecule has 5 heteroatoms. The molecule has 2 fully saturated rings. The van der Waals surface area contributed by atoms with Crippen molar-refractivity contribution in [1.82, 2.24) is 15.2 Å². The number of nitrogens with one attached hydrogen (secondary N) is 1. The van der Waals surface area contributed by atoms with E-state index in [1.165, 1.54) is 30.0 Å². The zero-order valence-corrected chi connectivity index (χ0v) is 13.6. The molecule has 1 unspecified atom stereocenters. The first kappa shape index (κ1) is 15.0. The Hall–Kier alpha value is -0.940. The van der Waals surface area contributed by atoms with E-state index in [4.69, 9.17) is 4.98 Å². The molecular formula is C16H25N3OS. The van der Waals surface area contributed by atoms with E-state index in [0.29, 0.717) is 11.8 Å². The van der Waals surface area contributed by atoms with E-state index in [2.05, 4.69) is 22.5 Å². The number of aromatic nitrogens is 1. The first-order valence-electron chi connectivity index (χ1n) is 8.24. The third-order valence-electron chi connectivity index (χ3n) is 4.62. The molecule has 1 N–H and O–H groups in total. The number of hydrogen-bond acceptors (Lipinski definition) is 4. The second-order valence-corrected chi connectivity index (χ2v) is 7.05. The summed E-state index contributed by atoms with van der Waals surface area (Å²) in [7, 11) is 0. The highest BCUT2D eigenvalue weighted by atomic mass is 32.1. The van der Waals surface area contributed by atoms with Gasteiger partial charge in [0.2, 0.25) is 5.91 Å². The van der Waals surface area contributed by atoms with Crippen LogP contribution in [0.2, 0.25) is 0 Å². The lowest BCUT2D eigenvalue weighted by atomic mass is 9.96. The van der Waals surface area contributed by atoms with Gasteiger partial charge in [0.15, 0.2) is 0 Å². The number of likely N-dealkylation sites (tertiary alicyclic amines) is 1. The minimum absolute atomic E-state index is 0.0556. The average molecular weight is 307 g/mol. The van der Waals surface area contributed by atoms with Crippen molar-refractivity contribution < 1.29 is 4.79 Å². The molecule has 0 radical (unpaired) electrons. The largest absolute Gasteiger partial charge is 0.341 e. The molecule has 21 heavy (non-hydrogen) atoms. The van der Waals surface area contributed by atoms with Gasteiger partial charge in [0.1, 0.15) is 0 Å². The number of thiazole rings is 1. The molecule has 0 aliphatic carbocycles. The van der Waals surface area contributed by atoms with Gasteiger partial charge in [-0.05, 0) is 38.6 Å². The molecule has 2 aliphatic rings. The van der Waals surface area contributed by atoms with Gasteiger partial charge < -0.3 is 10.2 Å². The van der Waals surface area contributed by atoms with Crippen LogP contribution in [0.4, 0.5) is 0 Å². The van der Waals surface area contributed by atoms with Crippen LogP contribution in [0.3, 0.4) is 0 Å². The highest BCUT2D eigenvalue weighted by molar-refractivity contribution is 7.09. The minimum atomic E-state index is 0.0556. The van der Waals surface area contributed by atoms with Crippen molar-refractivity contribution in [2.75, 3.05) is 19.6 Å². The standard InChI is InChI=1S/C16H25N3OS/c1-2-13-11-21-15(18-13)12-6-5-9-19(10-12)16(20)14-7-3-4-8-17-14/h11-12,14,17H,2-10H2,1H3/t12?,14-/m1/s1. The van der Waals surface area contributed by atoms with E-state index >= 15 is 0 Å². The number of rotatable bonds is 3. The normalized spacial score (nSPS) is 26.8. The Kier molecular flexibility index (Phi) is 4.91. The lowest BCUT2D eigenvalue weighted by Gasteiger charge is -2.35. The van der Waals surface area contributed by atoms with Crippen LogP contribution in [0, 0.1) is 0 Å². The molecule has 3 rings (SSSR count). The van der Waals surface area contributed by atoms with E-state index in [-0.39, 0.29) is 6.04 Å². The second kappa shape index (κ2) is 6.88. The fourth-order valence-electron chi connectivity index (χ4n) is 3.33. The molecule has 1 amide bonds. The van der Waals surface area contributed by atoms with Gasteiger partial charge in [-0.2, -0.15) is 0 Å². The van der Waals surface area contributed by atoms with Gasteiger partial charge in [-0.15, -0.1) is 11.3 Å². The quantitative estimate of drug-likeness (QED) is 0.933. The number of amides is 1. The molecular weight excluding hydrogens is 282 g/mol. The Bertz CT molecular complexity index is 482. The summed E-state index contributed by atoms with van der Waals surface area (Å²) in [6, 6.07) is 0.0556. The van der Waals surface area contributed by atoms with E-state index in [1.807, 2.05) is 0 Å². The number of aryl methyl sites for hydroxylation is 1. The van der Waals surface area contributed by atoms with E-state index in [9.17, 15) is 4.79 Å². The summed E-state index contributed by atoms with van der Waals surface area (Å²) < 4.78 is 0. The molecule has 1 aromatic heterocycles. The number of carbonyl (C=O) groups is 1. The predicted molar refractivity (Wildman–Crippen MR) is 85.7 cm³/mol. The molecule has 2 aliphatic heterocycles. The second-order valence-electron chi connectivity index (χ2n) is 6.16. The van der Waals surface area contributed by atoms with Crippen LogP contribution in [0.5, 0.6) is 0 Å². The smallest absolute Gasteiger partial charge is 0.239 e. The van der Waals surface area contributed by atoms with Crippen molar-refractivity contribution in [3.8, 4) is 0 Å². The van der Waals surface area contributed by atoms with Crippen LogP contribution in [0.25, 0.3) is 0 Å². The zero-order chi connectivity index (χ0) is 14.7. The number of nitrogens with zero attached hydrogens (tertiary/aromatic N) is 2. The van der Waals surface area contributed by atoms with Crippen LogP contribution in [0.1, 0.15) is 55.6 Å². The summed E-state index contributed by atoms with van der Waals surface area (Å²) in [5.74, 6) is 0.753. The van der Waals surface area contributed by atoms with Crippen molar-refractivity contribution in [2.24, 2.45) is 0 Å². The van der Waals surface area contributed by atoms with Crippen LogP contribution in [-0.4, -0.2) is 41.5 Å². The van der Waals surface area contributed by atoms with Crippen LogP contribution in [0.15, 0.2) is 5.38 Å². The third-order valence-corrected chi connectivity index (χ3v) is 5.68. The summed E-state index contributed by atoms with van der Waals surface area (Å²) in [6.45, 7) is 4.90. The first-order chi connectivity index (χ1) is 10.3. The number of carbonyl (C=O) groups excluding carboxylic acids is 1. The van der Waals surface area contributed by atoms with E-state index in [1.54, 1.807) is 11.3 Å². The summed E-state index contributed by atoms with van der Waals surface area (Å²) in [4.78, 5) is 19.4. The number of hydrogen-bond donors (Lipinski definition) is 1. The van der Waals surface area contributed by atoms with Crippen LogP contribution < -0.4 is 5.32 Å². The monoisotopic (exact) mass is 307 g/mol. The lowest BCUT2D eigenvalue weighted by Crippen LogP contribution is -2.51. The van der Waals surface area contributed by atoms with E-state index < -0.39 is 0 Å². The van der Waals surface area contributed by atoms with Gasteiger partial charge in [0.25, 0.3) is 0 Å². The molecule has 0 aromatic carbocycles. The van der Waals surface area contributed by atoms with Crippen molar-refractivity contribution in [3.63, 3.8) is 0 Å². The van der Waals surface area contributed by atoms with E-state index in [0.717, 1.165) is 38.9 Å². The summed E-state index contributed by atoms with van der Waals surface area (Å²) >= 11 is 1.77. The highest BCUT2D eigenvalue weighted by Crippen LogP contribution is 2.30. The van der Waals surface area contributed by atoms with Crippen molar-refractivity contribution >= 4 is 17.2 Å². The molecule has 116 valence electrons. The fraction of sp³-hybridized carbons (Fsp3) is 0.750. The van der Waals surface area contributed by atoms with Gasteiger partial charge >= 0.3 is 0 Å². The maximum Gasteiger partial charge on any atom is 0.239 e. The van der Waals surface area contributed by atoms with Gasteiger partial charge in [0.05, 0.1) is 16.7 Å². The molecule has 0 bridgehead atoms. The predicted octanol–water partition coefficient (Wildman–Crippen LogP) is 2.55. The van der Waals surface area contributed by atoms with Crippen molar-refractivity contribution in [1.29, 1.82) is 0 Å². The molecule has 2 saturated heterocycles. The fourth-order valence-corrected chi connectivity index (χ4v) is 4.37. The van der Waals surface area contributed by atoms with Gasteiger partial charge in [-0.3, -0.25) is 4.79 Å². The lowest BCUT2D eigenvalue weighted by molar-refractivity contribution is -0.135. The van der Waals surface area contributed by atoms with Crippen molar-refractivity contribution in [2.45, 2.75) is 57.4 Å². The third kappa shape index (κ3) is 3.46. The molecule has 0 saturated carbocycles. The minimum Gasteiger partial charge on any atom is -0.341 e. The van der Waals surface area contributed by atoms with Crippen molar-refractivity contribution in [3.05, 3.63) is 16.1 Å². The Balaban J connectivity index is 1.63. The van der Waals surface area contributed by atoms with Gasteiger partial charge in [0, 0.05) is 24.4 Å². The summed E-state index contributed by atoms with van der Waals surface area (Å²) in [5, 5.41) is 6.77. The Morgan fingerprint density at radius 2 is 2.33 bits per heavy atom. The Morgan fingerprint density at radius 1 is 1.43 bits per heavy atom. The SMILES string of the molecule is CCc1csc(C2CCCN(C(=O)[C@H]3CCCCN3)C2)n1. The van der Waals surface area contributed by atoms with Crippen LogP contribution in [-0.2, 0) is 11.2 Å².